The van der Waals surface area contributed by atoms with E-state index >= 15 is 0 Å². The highest BCUT2D eigenvalue weighted by Gasteiger charge is 2.73. The van der Waals surface area contributed by atoms with Gasteiger partial charge in [0.25, 0.3) is 0 Å². The Kier molecular flexibility index (Phi) is 6.76. The van der Waals surface area contributed by atoms with Crippen molar-refractivity contribution in [1.82, 2.24) is 10.2 Å². The highest BCUT2D eigenvalue weighted by molar-refractivity contribution is 6.31. The minimum Gasteiger partial charge on any atom is -0.359 e. The van der Waals surface area contributed by atoms with Crippen LogP contribution in [0, 0.1) is 18.8 Å². The number of nitrogens with zero attached hydrogens (tertiary/aromatic N) is 1. The number of nitrogens with one attached hydrogen (secondary N) is 2. The number of anilines is 1. The van der Waals surface area contributed by atoms with Crippen LogP contribution in [0.15, 0.2) is 60.7 Å². The summed E-state index contributed by atoms with van der Waals surface area (Å²) in [6.45, 7) is 3.83. The minimum absolute atomic E-state index is 0.0821. The van der Waals surface area contributed by atoms with E-state index in [1.807, 2.05) is 62.4 Å². The van der Waals surface area contributed by atoms with Crippen LogP contribution in [0.25, 0.3) is 0 Å². The molecule has 8 heteroatoms. The number of benzene rings is 2. The molecule has 2 aromatic rings. The lowest BCUT2D eigenvalue weighted by molar-refractivity contribution is -0.143. The van der Waals surface area contributed by atoms with Gasteiger partial charge in [-0.25, -0.2) is 0 Å². The number of carbonyl (C=O) groups is 3. The number of halogens is 1. The van der Waals surface area contributed by atoms with E-state index in [2.05, 4.69) is 10.6 Å². The summed E-state index contributed by atoms with van der Waals surface area (Å²) < 4.78 is 6.49. The summed E-state index contributed by atoms with van der Waals surface area (Å²) >= 11 is 6.28. The van der Waals surface area contributed by atoms with E-state index < -0.39 is 29.6 Å². The second-order valence-electron chi connectivity index (χ2n) is 11.3. The van der Waals surface area contributed by atoms with Crippen LogP contribution in [0.5, 0.6) is 0 Å². The molecule has 39 heavy (non-hydrogen) atoms. The standard InChI is InChI=1S/C31H34ClN3O4/c1-18-13-14-22(17-23(18)32)34-28(36)25-24-15-16-31(39-24)26(25)30(38)35(19(2)20-9-5-3-6-10-20)27(31)29(37)33-21-11-7-4-8-12-21/h3,5-6,9-10,13-17,19,21,24-27H,4,7-8,11-12H2,1-2H3,(H,33,37)(H,34,36)/t19-,24+,25-,26+,27+,31+/m0/s1. The molecule has 6 atom stereocenters. The zero-order chi connectivity index (χ0) is 27.3. The molecule has 1 saturated carbocycles. The van der Waals surface area contributed by atoms with Gasteiger partial charge in [0.05, 0.1) is 24.0 Å². The maximum atomic E-state index is 14.3. The van der Waals surface area contributed by atoms with Crippen LogP contribution in [0.2, 0.25) is 5.02 Å². The van der Waals surface area contributed by atoms with Crippen molar-refractivity contribution < 1.29 is 19.1 Å². The summed E-state index contributed by atoms with van der Waals surface area (Å²) in [4.78, 5) is 43.7. The molecule has 3 fully saturated rings. The number of fused-ring (bicyclic) bond motifs is 1. The van der Waals surface area contributed by atoms with E-state index in [1.165, 1.54) is 6.42 Å². The lowest BCUT2D eigenvalue weighted by Gasteiger charge is -2.37. The highest BCUT2D eigenvalue weighted by atomic mass is 35.5. The number of aryl methyl sites for hydroxylation is 1. The molecule has 2 bridgehead atoms. The van der Waals surface area contributed by atoms with E-state index in [9.17, 15) is 14.4 Å². The largest absolute Gasteiger partial charge is 0.359 e. The molecule has 3 heterocycles. The second kappa shape index (κ2) is 10.1. The van der Waals surface area contributed by atoms with Gasteiger partial charge in [0.2, 0.25) is 17.7 Å². The first-order valence-corrected chi connectivity index (χ1v) is 14.3. The Morgan fingerprint density at radius 3 is 2.54 bits per heavy atom. The van der Waals surface area contributed by atoms with Gasteiger partial charge in [-0.1, -0.05) is 79.4 Å². The maximum absolute atomic E-state index is 14.3. The molecule has 2 aromatic carbocycles. The molecule has 0 aromatic heterocycles. The Labute approximate surface area is 233 Å². The van der Waals surface area contributed by atoms with E-state index in [1.54, 1.807) is 17.0 Å². The first kappa shape index (κ1) is 26.1. The van der Waals surface area contributed by atoms with Crippen molar-refractivity contribution in [1.29, 1.82) is 0 Å². The summed E-state index contributed by atoms with van der Waals surface area (Å²) in [6, 6.07) is 13.9. The Hall–Kier alpha value is -3.16. The van der Waals surface area contributed by atoms with Crippen molar-refractivity contribution in [2.24, 2.45) is 11.8 Å². The second-order valence-corrected chi connectivity index (χ2v) is 11.7. The van der Waals surface area contributed by atoms with Crippen LogP contribution in [0.4, 0.5) is 5.69 Å². The predicted octanol–water partition coefficient (Wildman–Crippen LogP) is 4.95. The third-order valence-corrected chi connectivity index (χ3v) is 9.36. The van der Waals surface area contributed by atoms with Crippen molar-refractivity contribution in [3.8, 4) is 0 Å². The monoisotopic (exact) mass is 547 g/mol. The number of carbonyl (C=O) groups excluding carboxylic acids is 3. The zero-order valence-corrected chi connectivity index (χ0v) is 23.0. The van der Waals surface area contributed by atoms with Gasteiger partial charge in [-0.05, 0) is 49.9 Å². The quantitative estimate of drug-likeness (QED) is 0.501. The average molecular weight is 548 g/mol. The molecule has 3 amide bonds. The molecule has 3 aliphatic heterocycles. The Morgan fingerprint density at radius 2 is 1.82 bits per heavy atom. The molecular formula is C31H34ClN3O4. The van der Waals surface area contributed by atoms with Crippen molar-refractivity contribution in [3.63, 3.8) is 0 Å². The molecular weight excluding hydrogens is 514 g/mol. The molecule has 2 N–H and O–H groups in total. The van der Waals surface area contributed by atoms with Crippen LogP contribution < -0.4 is 10.6 Å². The number of ether oxygens (including phenoxy) is 1. The van der Waals surface area contributed by atoms with Gasteiger partial charge in [-0.2, -0.15) is 0 Å². The highest BCUT2D eigenvalue weighted by Crippen LogP contribution is 2.56. The van der Waals surface area contributed by atoms with Gasteiger partial charge >= 0.3 is 0 Å². The van der Waals surface area contributed by atoms with Crippen LogP contribution >= 0.6 is 11.6 Å². The minimum atomic E-state index is -1.20. The van der Waals surface area contributed by atoms with E-state index in [-0.39, 0.29) is 29.8 Å². The first-order valence-electron chi connectivity index (χ1n) is 13.9. The van der Waals surface area contributed by atoms with Gasteiger partial charge in [-0.15, -0.1) is 0 Å². The van der Waals surface area contributed by atoms with E-state index in [4.69, 9.17) is 16.3 Å². The number of rotatable bonds is 6. The first-order chi connectivity index (χ1) is 18.8. The summed E-state index contributed by atoms with van der Waals surface area (Å²) in [5.74, 6) is -2.33. The van der Waals surface area contributed by atoms with Crippen molar-refractivity contribution in [3.05, 3.63) is 76.8 Å². The zero-order valence-electron chi connectivity index (χ0n) is 22.2. The fourth-order valence-electron chi connectivity index (χ4n) is 6.94. The Morgan fingerprint density at radius 1 is 1.08 bits per heavy atom. The summed E-state index contributed by atoms with van der Waals surface area (Å²) in [5, 5.41) is 6.73. The van der Waals surface area contributed by atoms with E-state index in [0.29, 0.717) is 10.7 Å². The Balaban J connectivity index is 1.35. The van der Waals surface area contributed by atoms with Gasteiger partial charge < -0.3 is 20.3 Å². The fraction of sp³-hybridized carbons (Fsp3) is 0.452. The summed E-state index contributed by atoms with van der Waals surface area (Å²) in [7, 11) is 0. The smallest absolute Gasteiger partial charge is 0.246 e. The molecule has 2 saturated heterocycles. The molecule has 0 unspecified atom stereocenters. The lowest BCUT2D eigenvalue weighted by Crippen LogP contribution is -2.56. The molecule has 204 valence electrons. The third-order valence-electron chi connectivity index (χ3n) is 8.95. The molecule has 4 aliphatic rings. The van der Waals surface area contributed by atoms with Gasteiger partial charge in [0.1, 0.15) is 11.6 Å². The molecule has 1 aliphatic carbocycles. The van der Waals surface area contributed by atoms with E-state index in [0.717, 1.165) is 36.8 Å². The van der Waals surface area contributed by atoms with Gasteiger partial charge in [-0.3, -0.25) is 14.4 Å². The van der Waals surface area contributed by atoms with Crippen molar-refractivity contribution >= 4 is 35.0 Å². The summed E-state index contributed by atoms with van der Waals surface area (Å²) in [5.41, 5.74) is 1.19. The van der Waals surface area contributed by atoms with Crippen LogP contribution in [0.1, 0.15) is 56.2 Å². The normalized spacial score (nSPS) is 30.3. The summed E-state index contributed by atoms with van der Waals surface area (Å²) in [6.07, 6.45) is 8.31. The number of hydrogen-bond acceptors (Lipinski definition) is 4. The van der Waals surface area contributed by atoms with Crippen LogP contribution in [-0.2, 0) is 19.1 Å². The predicted molar refractivity (Wildman–Crippen MR) is 149 cm³/mol. The van der Waals surface area contributed by atoms with Gasteiger partial charge in [0.15, 0.2) is 0 Å². The van der Waals surface area contributed by atoms with Crippen molar-refractivity contribution in [2.75, 3.05) is 5.32 Å². The van der Waals surface area contributed by atoms with Crippen molar-refractivity contribution in [2.45, 2.75) is 75.8 Å². The molecule has 1 spiro atoms. The lowest BCUT2D eigenvalue weighted by atomic mass is 9.74. The SMILES string of the molecule is Cc1ccc(NC(=O)[C@H]2[C@H]3C=C[C@@]4(O3)[C@H]2C(=O)N([C@@H](C)c2ccccc2)[C@@H]4C(=O)NC2CCCCC2)cc1Cl. The number of hydrogen-bond donors (Lipinski definition) is 2. The molecule has 7 nitrogen and oxygen atoms in total. The molecule has 6 rings (SSSR count). The van der Waals surface area contributed by atoms with Crippen LogP contribution in [-0.4, -0.2) is 46.4 Å². The topological polar surface area (TPSA) is 87.7 Å². The Bertz CT molecular complexity index is 1320. The average Bonchev–Trinajstić information content (AvgIpc) is 3.58. The number of amides is 3. The molecule has 0 radical (unpaired) electrons. The van der Waals surface area contributed by atoms with Crippen LogP contribution in [0.3, 0.4) is 0 Å². The third kappa shape index (κ3) is 4.36. The van der Waals surface area contributed by atoms with Gasteiger partial charge in [0, 0.05) is 16.8 Å². The number of likely N-dealkylation sites (tertiary alicyclic amines) is 1. The fourth-order valence-corrected chi connectivity index (χ4v) is 7.12. The maximum Gasteiger partial charge on any atom is 0.246 e.